The average molecular weight is 244 g/mol. The first kappa shape index (κ1) is 13.4. The molecular formula is C11H14F2N2O2. The van der Waals surface area contributed by atoms with E-state index in [9.17, 15) is 13.6 Å². The highest BCUT2D eigenvalue weighted by molar-refractivity contribution is 5.94. The zero-order valence-corrected chi connectivity index (χ0v) is 9.43. The second-order valence-electron chi connectivity index (χ2n) is 3.45. The summed E-state index contributed by atoms with van der Waals surface area (Å²) in [6, 6.07) is 1.71. The molecule has 0 unspecified atom stereocenters. The van der Waals surface area contributed by atoms with E-state index in [0.29, 0.717) is 25.6 Å². The first-order chi connectivity index (χ1) is 8.06. The third-order valence-electron chi connectivity index (χ3n) is 2.16. The van der Waals surface area contributed by atoms with E-state index in [2.05, 4.69) is 5.32 Å². The Balaban J connectivity index is 2.77. The summed E-state index contributed by atoms with van der Waals surface area (Å²) >= 11 is 0. The quantitative estimate of drug-likeness (QED) is 0.745. The molecule has 1 aromatic rings. The molecule has 1 amide bonds. The van der Waals surface area contributed by atoms with E-state index in [4.69, 9.17) is 10.5 Å². The maximum Gasteiger partial charge on any atom is 0.251 e. The summed E-state index contributed by atoms with van der Waals surface area (Å²) in [5, 5.41) is 2.74. The lowest BCUT2D eigenvalue weighted by Crippen LogP contribution is -2.15. The van der Waals surface area contributed by atoms with E-state index in [-0.39, 0.29) is 11.3 Å². The SMILES string of the molecule is COCCCNc1cc(C(N)=O)c(F)cc1F. The Hall–Kier alpha value is -1.69. The molecule has 4 nitrogen and oxygen atoms in total. The second-order valence-corrected chi connectivity index (χ2v) is 3.45. The highest BCUT2D eigenvalue weighted by Crippen LogP contribution is 2.19. The molecule has 1 aromatic carbocycles. The molecule has 0 radical (unpaired) electrons. The van der Waals surface area contributed by atoms with Crippen molar-refractivity contribution < 1.29 is 18.3 Å². The van der Waals surface area contributed by atoms with Crippen LogP contribution in [0.25, 0.3) is 0 Å². The molecule has 0 aliphatic heterocycles. The van der Waals surface area contributed by atoms with Gasteiger partial charge in [-0.25, -0.2) is 8.78 Å². The maximum atomic E-state index is 13.3. The second kappa shape index (κ2) is 6.15. The molecule has 17 heavy (non-hydrogen) atoms. The lowest BCUT2D eigenvalue weighted by Gasteiger charge is -2.09. The number of hydrogen-bond donors (Lipinski definition) is 2. The average Bonchev–Trinajstić information content (AvgIpc) is 2.26. The topological polar surface area (TPSA) is 64.3 Å². The fraction of sp³-hybridized carbons (Fsp3) is 0.364. The van der Waals surface area contributed by atoms with Crippen LogP contribution in [0.5, 0.6) is 0 Å². The van der Waals surface area contributed by atoms with Crippen LogP contribution >= 0.6 is 0 Å². The van der Waals surface area contributed by atoms with E-state index in [1.807, 2.05) is 0 Å². The Morgan fingerprint density at radius 3 is 2.71 bits per heavy atom. The number of carbonyl (C=O) groups is 1. The first-order valence-corrected chi connectivity index (χ1v) is 5.08. The highest BCUT2D eigenvalue weighted by atomic mass is 19.1. The van der Waals surface area contributed by atoms with Crippen LogP contribution in [-0.4, -0.2) is 26.2 Å². The maximum absolute atomic E-state index is 13.3. The Morgan fingerprint density at radius 2 is 2.12 bits per heavy atom. The van der Waals surface area contributed by atoms with Crippen LogP contribution in [0.1, 0.15) is 16.8 Å². The van der Waals surface area contributed by atoms with E-state index >= 15 is 0 Å². The number of amides is 1. The van der Waals surface area contributed by atoms with Gasteiger partial charge in [0.1, 0.15) is 11.6 Å². The van der Waals surface area contributed by atoms with Crippen molar-refractivity contribution in [1.82, 2.24) is 0 Å². The molecule has 1 rings (SSSR count). The minimum atomic E-state index is -0.961. The molecule has 0 saturated heterocycles. The number of primary amides is 1. The van der Waals surface area contributed by atoms with Crippen molar-refractivity contribution in [3.63, 3.8) is 0 Å². The van der Waals surface area contributed by atoms with Gasteiger partial charge >= 0.3 is 0 Å². The molecule has 0 aliphatic rings. The zero-order valence-electron chi connectivity index (χ0n) is 9.43. The van der Waals surface area contributed by atoms with E-state index in [1.54, 1.807) is 7.11 Å². The van der Waals surface area contributed by atoms with Gasteiger partial charge in [0.05, 0.1) is 11.3 Å². The van der Waals surface area contributed by atoms with Gasteiger partial charge in [-0.2, -0.15) is 0 Å². The number of methoxy groups -OCH3 is 1. The predicted molar refractivity (Wildman–Crippen MR) is 59.9 cm³/mol. The lowest BCUT2D eigenvalue weighted by atomic mass is 10.1. The summed E-state index contributed by atoms with van der Waals surface area (Å²) in [6.45, 7) is 0.979. The number of carbonyl (C=O) groups excluding carboxylic acids is 1. The Morgan fingerprint density at radius 1 is 1.41 bits per heavy atom. The van der Waals surface area contributed by atoms with Gasteiger partial charge in [-0.15, -0.1) is 0 Å². The molecule has 0 aromatic heterocycles. The number of anilines is 1. The van der Waals surface area contributed by atoms with Crippen molar-refractivity contribution in [2.24, 2.45) is 5.73 Å². The van der Waals surface area contributed by atoms with E-state index < -0.39 is 17.5 Å². The molecule has 6 heteroatoms. The minimum Gasteiger partial charge on any atom is -0.385 e. The molecule has 0 saturated carbocycles. The van der Waals surface area contributed by atoms with Crippen molar-refractivity contribution in [3.05, 3.63) is 29.3 Å². The third-order valence-corrected chi connectivity index (χ3v) is 2.16. The molecular weight excluding hydrogens is 230 g/mol. The van der Waals surface area contributed by atoms with Crippen LogP contribution in [0.2, 0.25) is 0 Å². The van der Waals surface area contributed by atoms with Gasteiger partial charge < -0.3 is 15.8 Å². The molecule has 0 heterocycles. The molecule has 0 bridgehead atoms. The molecule has 0 fully saturated rings. The summed E-state index contributed by atoms with van der Waals surface area (Å²) < 4.78 is 31.3. The van der Waals surface area contributed by atoms with Crippen molar-refractivity contribution in [2.45, 2.75) is 6.42 Å². The van der Waals surface area contributed by atoms with Crippen LogP contribution in [0.3, 0.4) is 0 Å². The summed E-state index contributed by atoms with van der Waals surface area (Å²) in [5.74, 6) is -2.65. The van der Waals surface area contributed by atoms with Gasteiger partial charge in [0, 0.05) is 26.3 Å². The summed E-state index contributed by atoms with van der Waals surface area (Å²) in [4.78, 5) is 10.9. The fourth-order valence-electron chi connectivity index (χ4n) is 1.31. The number of ether oxygens (including phenoxy) is 1. The van der Waals surface area contributed by atoms with Gasteiger partial charge in [0.15, 0.2) is 0 Å². The van der Waals surface area contributed by atoms with Gasteiger partial charge in [-0.3, -0.25) is 4.79 Å². The van der Waals surface area contributed by atoms with Gasteiger partial charge in [-0.1, -0.05) is 0 Å². The summed E-state index contributed by atoms with van der Waals surface area (Å²) in [6.07, 6.45) is 0.666. The first-order valence-electron chi connectivity index (χ1n) is 5.08. The Kier molecular flexibility index (Phi) is 4.84. The van der Waals surface area contributed by atoms with Gasteiger partial charge in [0.2, 0.25) is 0 Å². The molecule has 94 valence electrons. The number of nitrogens with two attached hydrogens (primary N) is 1. The largest absolute Gasteiger partial charge is 0.385 e. The van der Waals surface area contributed by atoms with E-state index in [1.165, 1.54) is 0 Å². The fourth-order valence-corrected chi connectivity index (χ4v) is 1.31. The smallest absolute Gasteiger partial charge is 0.251 e. The number of rotatable bonds is 6. The number of hydrogen-bond acceptors (Lipinski definition) is 3. The minimum absolute atomic E-state index is 0.0521. The van der Waals surface area contributed by atoms with Crippen LogP contribution in [0.15, 0.2) is 12.1 Å². The lowest BCUT2D eigenvalue weighted by molar-refractivity contribution is 0.0996. The normalized spacial score (nSPS) is 10.3. The van der Waals surface area contributed by atoms with Crippen LogP contribution in [0.4, 0.5) is 14.5 Å². The Bertz CT molecular complexity index is 411. The molecule has 3 N–H and O–H groups in total. The van der Waals surface area contributed by atoms with Gasteiger partial charge in [-0.05, 0) is 12.5 Å². The monoisotopic (exact) mass is 244 g/mol. The molecule has 0 aliphatic carbocycles. The third kappa shape index (κ3) is 3.67. The predicted octanol–water partition coefficient (Wildman–Crippen LogP) is 1.51. The standard InChI is InChI=1S/C11H14F2N2O2/c1-17-4-2-3-15-10-5-7(11(14)16)8(12)6-9(10)13/h5-6,15H,2-4H2,1H3,(H2,14,16). The summed E-state index contributed by atoms with van der Waals surface area (Å²) in [5.41, 5.74) is 4.68. The Labute approximate surface area is 97.8 Å². The highest BCUT2D eigenvalue weighted by Gasteiger charge is 2.13. The summed E-state index contributed by atoms with van der Waals surface area (Å²) in [7, 11) is 1.56. The van der Waals surface area contributed by atoms with Crippen molar-refractivity contribution >= 4 is 11.6 Å². The van der Waals surface area contributed by atoms with Crippen LogP contribution < -0.4 is 11.1 Å². The number of halogens is 2. The molecule has 0 spiro atoms. The van der Waals surface area contributed by atoms with Gasteiger partial charge in [0.25, 0.3) is 5.91 Å². The van der Waals surface area contributed by atoms with Crippen LogP contribution in [0, 0.1) is 11.6 Å². The van der Waals surface area contributed by atoms with Crippen molar-refractivity contribution in [2.75, 3.05) is 25.6 Å². The number of benzene rings is 1. The number of nitrogens with one attached hydrogen (secondary N) is 1. The van der Waals surface area contributed by atoms with Crippen LogP contribution in [-0.2, 0) is 4.74 Å². The molecule has 0 atom stereocenters. The zero-order chi connectivity index (χ0) is 12.8. The van der Waals surface area contributed by atoms with Crippen molar-refractivity contribution in [1.29, 1.82) is 0 Å². The van der Waals surface area contributed by atoms with E-state index in [0.717, 1.165) is 6.07 Å². The van der Waals surface area contributed by atoms with Crippen molar-refractivity contribution in [3.8, 4) is 0 Å².